The van der Waals surface area contributed by atoms with Crippen LogP contribution in [-0.2, 0) is 35.2 Å². The molecule has 16 heteroatoms. The lowest BCUT2D eigenvalue weighted by molar-refractivity contribution is -0.140. The summed E-state index contributed by atoms with van der Waals surface area (Å²) in [6.45, 7) is 4.97. The molecule has 0 spiro atoms. The molecule has 1 atom stereocenters. The molecule has 314 valence electrons. The Morgan fingerprint density at radius 1 is 0.667 bits per heavy atom. The number of carbonyl (C=O) groups excluding carboxylic acids is 3. The van der Waals surface area contributed by atoms with Gasteiger partial charge in [0.15, 0.2) is 0 Å². The average Bonchev–Trinajstić information content (AvgIpc) is 3.17. The lowest BCUT2D eigenvalue weighted by atomic mass is 9.81. The summed E-state index contributed by atoms with van der Waals surface area (Å²) in [6, 6.07) is 13.4. The number of carbonyl (C=O) groups is 6. The Balaban J connectivity index is 1.29. The van der Waals surface area contributed by atoms with Gasteiger partial charge in [-0.2, -0.15) is 0 Å². The third-order valence-electron chi connectivity index (χ3n) is 10.9. The maximum absolute atomic E-state index is 13.5. The van der Waals surface area contributed by atoms with Crippen molar-refractivity contribution in [2.75, 3.05) is 91.6 Å². The van der Waals surface area contributed by atoms with E-state index in [0.717, 1.165) is 42.0 Å². The molecule has 1 aliphatic heterocycles. The van der Waals surface area contributed by atoms with Crippen molar-refractivity contribution < 1.29 is 44.1 Å². The van der Waals surface area contributed by atoms with Gasteiger partial charge in [-0.15, -0.1) is 0 Å². The van der Waals surface area contributed by atoms with Gasteiger partial charge in [0.05, 0.1) is 26.2 Å². The summed E-state index contributed by atoms with van der Waals surface area (Å²) in [4.78, 5) is 81.7. The van der Waals surface area contributed by atoms with E-state index < -0.39 is 23.9 Å². The maximum atomic E-state index is 13.5. The fourth-order valence-corrected chi connectivity index (χ4v) is 7.54. The zero-order valence-corrected chi connectivity index (χ0v) is 33.2. The molecule has 1 saturated heterocycles. The lowest BCUT2D eigenvalue weighted by Gasteiger charge is -2.33. The molecular formula is C41H61N7O9. The van der Waals surface area contributed by atoms with Crippen molar-refractivity contribution in [3.8, 4) is 0 Å². The lowest BCUT2D eigenvalue weighted by Crippen LogP contribution is -2.50. The molecule has 2 aromatic carbocycles. The van der Waals surface area contributed by atoms with Crippen molar-refractivity contribution >= 4 is 46.4 Å². The van der Waals surface area contributed by atoms with E-state index in [0.29, 0.717) is 84.7 Å². The normalized spacial score (nSPS) is 20.1. The van der Waals surface area contributed by atoms with E-state index in [1.165, 1.54) is 0 Å². The van der Waals surface area contributed by atoms with Crippen molar-refractivity contribution in [2.45, 2.75) is 57.9 Å². The molecule has 3 amide bonds. The number of nitrogens with zero attached hydrogens (tertiary/aromatic N) is 4. The number of carboxylic acids is 3. The largest absolute Gasteiger partial charge is 0.480 e. The van der Waals surface area contributed by atoms with Crippen molar-refractivity contribution in [3.63, 3.8) is 0 Å². The van der Waals surface area contributed by atoms with E-state index in [1.54, 1.807) is 14.7 Å². The minimum atomic E-state index is -1.02. The molecule has 4 rings (SSSR count). The molecule has 1 unspecified atom stereocenters. The van der Waals surface area contributed by atoms with Crippen LogP contribution in [-0.4, -0.2) is 168 Å². The standard InChI is InChI=1S/C41H61N7O9/c1-2-3-14-42-41(57)35(24-31-10-11-32-6-4-5-7-34(32)23-31)44-40(56)33-12-8-30(9-13-33)25-43-36(49)26-45-15-17-46(27-37(50)51)19-21-48(29-39(54)55)22-20-47(18-16-45)28-38(52)53/h4-7,10-11,23,30,33,35H,2-3,8-9,12-22,24-29H2,1H3,(H,42,57)(H,43,49)(H,44,56)(H,50,51)(H,52,53)(H,54,55). The highest BCUT2D eigenvalue weighted by Gasteiger charge is 2.30. The molecule has 0 radical (unpaired) electrons. The van der Waals surface area contributed by atoms with Crippen LogP contribution in [0.4, 0.5) is 0 Å². The monoisotopic (exact) mass is 795 g/mol. The van der Waals surface area contributed by atoms with Crippen molar-refractivity contribution in [2.24, 2.45) is 11.8 Å². The van der Waals surface area contributed by atoms with Crippen LogP contribution < -0.4 is 16.0 Å². The fourth-order valence-electron chi connectivity index (χ4n) is 7.54. The van der Waals surface area contributed by atoms with E-state index in [1.807, 2.05) is 41.3 Å². The molecule has 1 aliphatic carbocycles. The van der Waals surface area contributed by atoms with Crippen LogP contribution in [0.5, 0.6) is 0 Å². The summed E-state index contributed by atoms with van der Waals surface area (Å²) in [5.41, 5.74) is 0.969. The van der Waals surface area contributed by atoms with Crippen molar-refractivity contribution in [1.82, 2.24) is 35.6 Å². The van der Waals surface area contributed by atoms with Gasteiger partial charge in [0.2, 0.25) is 17.7 Å². The molecule has 0 aromatic heterocycles. The predicted octanol–water partition coefficient (Wildman–Crippen LogP) is 1.18. The molecule has 0 bridgehead atoms. The molecule has 2 fully saturated rings. The SMILES string of the molecule is CCCCNC(=O)C(Cc1ccc2ccccc2c1)NC(=O)C1CCC(CNC(=O)CN2CCN(CC(=O)O)CCN(CC(=O)O)CCN(CC(=O)O)CC2)CC1. The summed E-state index contributed by atoms with van der Waals surface area (Å²) in [5, 5.41) is 39.6. The number of carboxylic acid groups (broad SMARTS) is 3. The molecule has 57 heavy (non-hydrogen) atoms. The number of nitrogens with one attached hydrogen (secondary N) is 3. The first-order chi connectivity index (χ1) is 27.4. The van der Waals surface area contributed by atoms with E-state index in [4.69, 9.17) is 0 Å². The third kappa shape index (κ3) is 16.4. The number of amides is 3. The summed E-state index contributed by atoms with van der Waals surface area (Å²) in [5.74, 6) is -3.61. The zero-order valence-electron chi connectivity index (χ0n) is 33.2. The van der Waals surface area contributed by atoms with E-state index in [2.05, 4.69) is 28.9 Å². The maximum Gasteiger partial charge on any atom is 0.317 e. The van der Waals surface area contributed by atoms with Crippen LogP contribution in [0, 0.1) is 11.8 Å². The van der Waals surface area contributed by atoms with Gasteiger partial charge in [-0.3, -0.25) is 48.4 Å². The second-order valence-electron chi connectivity index (χ2n) is 15.4. The number of hydrogen-bond acceptors (Lipinski definition) is 10. The van der Waals surface area contributed by atoms with E-state index >= 15 is 0 Å². The Morgan fingerprint density at radius 3 is 1.68 bits per heavy atom. The van der Waals surface area contributed by atoms with Gasteiger partial charge in [-0.1, -0.05) is 55.8 Å². The smallest absolute Gasteiger partial charge is 0.317 e. The Morgan fingerprint density at radius 2 is 1.18 bits per heavy atom. The van der Waals surface area contributed by atoms with Gasteiger partial charge < -0.3 is 31.3 Å². The summed E-state index contributed by atoms with van der Waals surface area (Å²) in [6.07, 6.45) is 4.95. The van der Waals surface area contributed by atoms with Gasteiger partial charge in [0.1, 0.15) is 6.04 Å². The van der Waals surface area contributed by atoms with Gasteiger partial charge in [-0.05, 0) is 54.4 Å². The number of unbranched alkanes of at least 4 members (excludes halogenated alkanes) is 1. The fraction of sp³-hybridized carbons (Fsp3) is 0.610. The first-order valence-electron chi connectivity index (χ1n) is 20.3. The quantitative estimate of drug-likeness (QED) is 0.117. The average molecular weight is 796 g/mol. The second kappa shape index (κ2) is 23.6. The summed E-state index contributed by atoms with van der Waals surface area (Å²) < 4.78 is 0. The number of fused-ring (bicyclic) bond motifs is 1. The van der Waals surface area contributed by atoms with Gasteiger partial charge in [0.25, 0.3) is 0 Å². The Labute approximate surface area is 334 Å². The number of rotatable bonds is 18. The highest BCUT2D eigenvalue weighted by atomic mass is 16.4. The zero-order chi connectivity index (χ0) is 41.2. The highest BCUT2D eigenvalue weighted by Crippen LogP contribution is 2.29. The van der Waals surface area contributed by atoms with Crippen LogP contribution in [0.25, 0.3) is 10.8 Å². The van der Waals surface area contributed by atoms with E-state index in [-0.39, 0.29) is 55.7 Å². The Kier molecular flexibility index (Phi) is 18.6. The minimum absolute atomic E-state index is 0.0453. The number of hydrogen-bond donors (Lipinski definition) is 6. The minimum Gasteiger partial charge on any atom is -0.480 e. The molecule has 1 saturated carbocycles. The van der Waals surface area contributed by atoms with Gasteiger partial charge >= 0.3 is 17.9 Å². The van der Waals surface area contributed by atoms with Crippen LogP contribution in [0.15, 0.2) is 42.5 Å². The first kappa shape index (κ1) is 45.1. The molecule has 16 nitrogen and oxygen atoms in total. The molecule has 2 aliphatic rings. The molecule has 2 aromatic rings. The predicted molar refractivity (Wildman–Crippen MR) is 215 cm³/mol. The molecule has 6 N–H and O–H groups in total. The Bertz CT molecular complexity index is 1620. The van der Waals surface area contributed by atoms with Crippen molar-refractivity contribution in [1.29, 1.82) is 0 Å². The van der Waals surface area contributed by atoms with Gasteiger partial charge in [-0.25, -0.2) is 0 Å². The molecule has 1 heterocycles. The third-order valence-corrected chi connectivity index (χ3v) is 10.9. The van der Waals surface area contributed by atoms with Gasteiger partial charge in [0, 0.05) is 77.8 Å². The first-order valence-corrected chi connectivity index (χ1v) is 20.3. The highest BCUT2D eigenvalue weighted by molar-refractivity contribution is 5.89. The summed E-state index contributed by atoms with van der Waals surface area (Å²) in [7, 11) is 0. The second-order valence-corrected chi connectivity index (χ2v) is 15.4. The van der Waals surface area contributed by atoms with Crippen LogP contribution >= 0.6 is 0 Å². The summed E-state index contributed by atoms with van der Waals surface area (Å²) >= 11 is 0. The topological polar surface area (TPSA) is 212 Å². The van der Waals surface area contributed by atoms with E-state index in [9.17, 15) is 44.1 Å². The van der Waals surface area contributed by atoms with Crippen LogP contribution in [0.1, 0.15) is 51.0 Å². The number of aliphatic carboxylic acids is 3. The Hall–Kier alpha value is -4.64. The van der Waals surface area contributed by atoms with Crippen LogP contribution in [0.3, 0.4) is 0 Å². The van der Waals surface area contributed by atoms with Crippen molar-refractivity contribution in [3.05, 3.63) is 48.0 Å². The molecular weight excluding hydrogens is 734 g/mol. The number of benzene rings is 2. The van der Waals surface area contributed by atoms with Crippen LogP contribution in [0.2, 0.25) is 0 Å².